The first kappa shape index (κ1) is 11.6. The first-order valence-electron chi connectivity index (χ1n) is 5.13. The van der Waals surface area contributed by atoms with Gasteiger partial charge < -0.3 is 5.32 Å². The SMILES string of the molecule is C/C(=C\NC1CCCCC1)S(C)(=O)=O. The Hall–Kier alpha value is -0.510. The van der Waals surface area contributed by atoms with Crippen LogP contribution in [-0.4, -0.2) is 20.7 Å². The molecule has 4 heteroatoms. The summed E-state index contributed by atoms with van der Waals surface area (Å²) >= 11 is 0. The Kier molecular flexibility index (Phi) is 3.98. The van der Waals surface area contributed by atoms with Gasteiger partial charge >= 0.3 is 0 Å². The molecular weight excluding hydrogens is 198 g/mol. The van der Waals surface area contributed by atoms with E-state index >= 15 is 0 Å². The Morgan fingerprint density at radius 1 is 1.29 bits per heavy atom. The van der Waals surface area contributed by atoms with Gasteiger partial charge in [0.25, 0.3) is 0 Å². The van der Waals surface area contributed by atoms with E-state index in [-0.39, 0.29) is 0 Å². The van der Waals surface area contributed by atoms with Gasteiger partial charge in [0.05, 0.1) is 4.91 Å². The summed E-state index contributed by atoms with van der Waals surface area (Å²) in [7, 11) is -3.01. The molecule has 0 aromatic heterocycles. The molecular formula is C10H19NO2S. The van der Waals surface area contributed by atoms with Crippen LogP contribution in [0, 0.1) is 0 Å². The molecule has 1 saturated carbocycles. The highest BCUT2D eigenvalue weighted by atomic mass is 32.2. The van der Waals surface area contributed by atoms with Gasteiger partial charge in [-0.05, 0) is 19.8 Å². The van der Waals surface area contributed by atoms with Gasteiger partial charge in [0.2, 0.25) is 0 Å². The number of nitrogens with one attached hydrogen (secondary N) is 1. The number of rotatable bonds is 3. The molecule has 82 valence electrons. The first-order chi connectivity index (χ1) is 6.50. The Morgan fingerprint density at radius 2 is 1.86 bits per heavy atom. The summed E-state index contributed by atoms with van der Waals surface area (Å²) < 4.78 is 22.2. The maximum atomic E-state index is 11.1. The van der Waals surface area contributed by atoms with Crippen molar-refractivity contribution in [1.29, 1.82) is 0 Å². The fourth-order valence-electron chi connectivity index (χ4n) is 1.61. The maximum Gasteiger partial charge on any atom is 0.172 e. The van der Waals surface area contributed by atoms with Gasteiger partial charge in [0, 0.05) is 18.5 Å². The number of hydrogen-bond acceptors (Lipinski definition) is 3. The van der Waals surface area contributed by atoms with Gasteiger partial charge in [-0.15, -0.1) is 0 Å². The van der Waals surface area contributed by atoms with Crippen molar-refractivity contribution >= 4 is 9.84 Å². The molecule has 0 saturated heterocycles. The van der Waals surface area contributed by atoms with Crippen molar-refractivity contribution < 1.29 is 8.42 Å². The van der Waals surface area contributed by atoms with Crippen molar-refractivity contribution in [1.82, 2.24) is 5.32 Å². The molecule has 3 nitrogen and oxygen atoms in total. The smallest absolute Gasteiger partial charge is 0.172 e. The minimum absolute atomic E-state index is 0.420. The summed E-state index contributed by atoms with van der Waals surface area (Å²) in [6, 6.07) is 0.473. The maximum absolute atomic E-state index is 11.1. The van der Waals surface area contributed by atoms with Crippen LogP contribution >= 0.6 is 0 Å². The molecule has 0 heterocycles. The van der Waals surface area contributed by atoms with Crippen LogP contribution < -0.4 is 5.32 Å². The second-order valence-electron chi connectivity index (χ2n) is 4.03. The van der Waals surface area contributed by atoms with Crippen LogP contribution in [0.2, 0.25) is 0 Å². The predicted molar refractivity (Wildman–Crippen MR) is 58.6 cm³/mol. The normalized spacial score (nSPS) is 20.9. The Morgan fingerprint density at radius 3 is 2.36 bits per heavy atom. The average molecular weight is 217 g/mol. The van der Waals surface area contributed by atoms with Crippen LogP contribution in [0.15, 0.2) is 11.1 Å². The molecule has 0 spiro atoms. The summed E-state index contributed by atoms with van der Waals surface area (Å²) in [6.45, 7) is 1.63. The van der Waals surface area contributed by atoms with E-state index < -0.39 is 9.84 Å². The van der Waals surface area contributed by atoms with E-state index in [2.05, 4.69) is 5.32 Å². The summed E-state index contributed by atoms with van der Waals surface area (Å²) in [5.41, 5.74) is 0. The number of hydrogen-bond donors (Lipinski definition) is 1. The highest BCUT2D eigenvalue weighted by Crippen LogP contribution is 2.17. The van der Waals surface area contributed by atoms with Crippen LogP contribution in [0.3, 0.4) is 0 Å². The summed E-state index contributed by atoms with van der Waals surface area (Å²) in [4.78, 5) is 0.420. The van der Waals surface area contributed by atoms with E-state index in [1.54, 1.807) is 13.1 Å². The molecule has 0 aromatic carbocycles. The molecule has 0 unspecified atom stereocenters. The van der Waals surface area contributed by atoms with Crippen LogP contribution in [0.25, 0.3) is 0 Å². The fourth-order valence-corrected chi connectivity index (χ4v) is 1.89. The van der Waals surface area contributed by atoms with Gasteiger partial charge in [-0.3, -0.25) is 0 Å². The third-order valence-corrected chi connectivity index (χ3v) is 4.00. The molecule has 1 rings (SSSR count). The van der Waals surface area contributed by atoms with Gasteiger partial charge in [-0.25, -0.2) is 8.42 Å². The zero-order chi connectivity index (χ0) is 10.6. The van der Waals surface area contributed by atoms with Crippen LogP contribution in [0.1, 0.15) is 39.0 Å². The highest BCUT2D eigenvalue weighted by Gasteiger charge is 2.12. The predicted octanol–water partition coefficient (Wildman–Crippen LogP) is 1.81. The summed E-state index contributed by atoms with van der Waals surface area (Å²) in [5, 5.41) is 3.19. The topological polar surface area (TPSA) is 46.2 Å². The molecule has 0 radical (unpaired) electrons. The molecule has 0 bridgehead atoms. The lowest BCUT2D eigenvalue weighted by molar-refractivity contribution is 0.404. The van der Waals surface area contributed by atoms with E-state index in [4.69, 9.17) is 0 Å². The van der Waals surface area contributed by atoms with E-state index in [9.17, 15) is 8.42 Å². The van der Waals surface area contributed by atoms with Crippen LogP contribution in [-0.2, 0) is 9.84 Å². The van der Waals surface area contributed by atoms with Gasteiger partial charge in [0.15, 0.2) is 9.84 Å². The minimum Gasteiger partial charge on any atom is -0.387 e. The van der Waals surface area contributed by atoms with Crippen molar-refractivity contribution in [3.63, 3.8) is 0 Å². The molecule has 1 N–H and O–H groups in total. The van der Waals surface area contributed by atoms with Crippen molar-refractivity contribution in [3.05, 3.63) is 11.1 Å². The van der Waals surface area contributed by atoms with Crippen molar-refractivity contribution in [3.8, 4) is 0 Å². The standard InChI is InChI=1S/C10H19NO2S/c1-9(14(2,12)13)8-11-10-6-4-3-5-7-10/h8,10-11H,3-7H2,1-2H3/b9-8+. The van der Waals surface area contributed by atoms with Crippen LogP contribution in [0.4, 0.5) is 0 Å². The molecule has 0 aromatic rings. The zero-order valence-corrected chi connectivity index (χ0v) is 9.73. The van der Waals surface area contributed by atoms with E-state index in [1.165, 1.54) is 25.5 Å². The first-order valence-corrected chi connectivity index (χ1v) is 7.02. The van der Waals surface area contributed by atoms with Crippen molar-refractivity contribution in [2.75, 3.05) is 6.26 Å². The largest absolute Gasteiger partial charge is 0.387 e. The minimum atomic E-state index is -3.01. The Balaban J connectivity index is 2.45. The van der Waals surface area contributed by atoms with Crippen LogP contribution in [0.5, 0.6) is 0 Å². The lowest BCUT2D eigenvalue weighted by Crippen LogP contribution is -2.27. The lowest BCUT2D eigenvalue weighted by Gasteiger charge is -2.21. The van der Waals surface area contributed by atoms with Gasteiger partial charge in [0.1, 0.15) is 0 Å². The second kappa shape index (κ2) is 4.82. The highest BCUT2D eigenvalue weighted by molar-refractivity contribution is 7.94. The molecule has 1 aliphatic carbocycles. The monoisotopic (exact) mass is 217 g/mol. The van der Waals surface area contributed by atoms with Crippen molar-refractivity contribution in [2.24, 2.45) is 0 Å². The van der Waals surface area contributed by atoms with E-state index in [0.717, 1.165) is 12.8 Å². The zero-order valence-electron chi connectivity index (χ0n) is 8.91. The quantitative estimate of drug-likeness (QED) is 0.784. The Labute approximate surface area is 86.5 Å². The number of sulfone groups is 1. The molecule has 0 atom stereocenters. The molecule has 1 fully saturated rings. The molecule has 14 heavy (non-hydrogen) atoms. The summed E-state index contributed by atoms with van der Waals surface area (Å²) in [5.74, 6) is 0. The number of allylic oxidation sites excluding steroid dienone is 1. The van der Waals surface area contributed by atoms with Crippen molar-refractivity contribution in [2.45, 2.75) is 45.1 Å². The fraction of sp³-hybridized carbons (Fsp3) is 0.800. The third-order valence-electron chi connectivity index (χ3n) is 2.71. The van der Waals surface area contributed by atoms with E-state index in [0.29, 0.717) is 10.9 Å². The molecule has 0 aliphatic heterocycles. The lowest BCUT2D eigenvalue weighted by atomic mass is 9.96. The van der Waals surface area contributed by atoms with Gasteiger partial charge in [-0.1, -0.05) is 19.3 Å². The third kappa shape index (κ3) is 3.70. The average Bonchev–Trinajstić information content (AvgIpc) is 2.14. The second-order valence-corrected chi connectivity index (χ2v) is 6.22. The van der Waals surface area contributed by atoms with E-state index in [1.807, 2.05) is 0 Å². The van der Waals surface area contributed by atoms with Gasteiger partial charge in [-0.2, -0.15) is 0 Å². The Bertz CT molecular complexity index is 300. The molecule has 0 amide bonds. The summed E-state index contributed by atoms with van der Waals surface area (Å²) in [6.07, 6.45) is 9.02. The molecule has 1 aliphatic rings.